The standard InChI is InChI=1S/C19H22F3N3O.C8H16O2.C2H6/c1-6-12(2)11-15(8-7-13(3)26-5)25-14(4)23-16-9-10-17(19(20,21)22)24-18(16)25;1-4-5-7(9)6-8(2,3)10;1-2/h7-11H,6H2,1-5H3;10H,4-6H2,1-3H3;1-2H3/b12-11+,13-7+,15-8+;;. The molecule has 214 valence electrons. The zero-order chi connectivity index (χ0) is 29.7. The number of nitrogens with zero attached hydrogens (tertiary/aromatic N) is 3. The summed E-state index contributed by atoms with van der Waals surface area (Å²) in [5.74, 6) is 1.38. The number of imidazole rings is 1. The molecule has 0 atom stereocenters. The normalized spacial score (nSPS) is 12.9. The molecule has 2 heterocycles. The molecule has 0 saturated carbocycles. The maximum absolute atomic E-state index is 13.1. The van der Waals surface area contributed by atoms with Crippen LogP contribution in [0.4, 0.5) is 13.2 Å². The van der Waals surface area contributed by atoms with E-state index in [1.807, 2.05) is 40.7 Å². The van der Waals surface area contributed by atoms with E-state index in [9.17, 15) is 23.1 Å². The highest BCUT2D eigenvalue weighted by atomic mass is 19.4. The molecule has 9 heteroatoms. The van der Waals surface area contributed by atoms with Crippen molar-refractivity contribution in [2.75, 3.05) is 7.11 Å². The van der Waals surface area contributed by atoms with E-state index < -0.39 is 17.5 Å². The van der Waals surface area contributed by atoms with Crippen LogP contribution in [-0.4, -0.2) is 38.1 Å². The van der Waals surface area contributed by atoms with Crippen LogP contribution in [0.25, 0.3) is 16.9 Å². The van der Waals surface area contributed by atoms with Crippen LogP contribution in [0.1, 0.15) is 92.6 Å². The lowest BCUT2D eigenvalue weighted by Crippen LogP contribution is -2.22. The third-order valence-electron chi connectivity index (χ3n) is 5.14. The first kappa shape index (κ1) is 35.1. The third-order valence-corrected chi connectivity index (χ3v) is 5.14. The minimum atomic E-state index is -4.51. The number of alkyl halides is 3. The van der Waals surface area contributed by atoms with Crippen molar-refractivity contribution in [2.24, 2.45) is 0 Å². The topological polar surface area (TPSA) is 77.2 Å². The quantitative estimate of drug-likeness (QED) is 0.258. The van der Waals surface area contributed by atoms with Crippen molar-refractivity contribution in [1.29, 1.82) is 0 Å². The van der Waals surface area contributed by atoms with Gasteiger partial charge in [0.1, 0.15) is 22.8 Å². The van der Waals surface area contributed by atoms with Gasteiger partial charge in [-0.2, -0.15) is 13.2 Å². The highest BCUT2D eigenvalue weighted by Crippen LogP contribution is 2.30. The number of carbonyl (C=O) groups is 1. The van der Waals surface area contributed by atoms with Crippen molar-refractivity contribution in [2.45, 2.75) is 99.8 Å². The summed E-state index contributed by atoms with van der Waals surface area (Å²) < 4.78 is 46.0. The van der Waals surface area contributed by atoms with Gasteiger partial charge in [-0.05, 0) is 77.8 Å². The van der Waals surface area contributed by atoms with Crippen molar-refractivity contribution < 1.29 is 27.8 Å². The fraction of sp³-hybridized carbons (Fsp3) is 0.552. The number of halogens is 3. The lowest BCUT2D eigenvalue weighted by atomic mass is 10.00. The number of allylic oxidation sites excluding steroid dienone is 6. The molecule has 2 aromatic rings. The molecule has 0 unspecified atom stereocenters. The number of aliphatic hydroxyl groups is 1. The molecule has 1 N–H and O–H groups in total. The molecule has 0 bridgehead atoms. The van der Waals surface area contributed by atoms with Gasteiger partial charge >= 0.3 is 6.18 Å². The Labute approximate surface area is 225 Å². The highest BCUT2D eigenvalue weighted by molar-refractivity contribution is 5.79. The molecule has 0 fully saturated rings. The average molecular weight is 540 g/mol. The zero-order valence-corrected chi connectivity index (χ0v) is 24.5. The molecule has 0 spiro atoms. The summed E-state index contributed by atoms with van der Waals surface area (Å²) in [5, 5.41) is 9.19. The van der Waals surface area contributed by atoms with Crippen LogP contribution in [0.2, 0.25) is 0 Å². The first-order chi connectivity index (χ1) is 17.6. The first-order valence-electron chi connectivity index (χ1n) is 12.9. The van der Waals surface area contributed by atoms with Gasteiger partial charge in [0.25, 0.3) is 0 Å². The number of pyridine rings is 1. The van der Waals surface area contributed by atoms with E-state index in [0.717, 1.165) is 24.5 Å². The Morgan fingerprint density at radius 3 is 2.18 bits per heavy atom. The van der Waals surface area contributed by atoms with E-state index in [-0.39, 0.29) is 17.9 Å². The smallest absolute Gasteiger partial charge is 0.433 e. The molecule has 0 radical (unpaired) electrons. The van der Waals surface area contributed by atoms with Gasteiger partial charge < -0.3 is 9.84 Å². The van der Waals surface area contributed by atoms with Gasteiger partial charge in [0.05, 0.1) is 18.5 Å². The molecule has 2 aromatic heterocycles. The molecule has 0 aliphatic heterocycles. The van der Waals surface area contributed by atoms with E-state index in [2.05, 4.69) is 9.97 Å². The molecule has 0 amide bonds. The van der Waals surface area contributed by atoms with Crippen LogP contribution in [0, 0.1) is 6.92 Å². The van der Waals surface area contributed by atoms with Crippen LogP contribution in [-0.2, 0) is 15.7 Å². The molecule has 38 heavy (non-hydrogen) atoms. The number of ether oxygens (including phenoxy) is 1. The Morgan fingerprint density at radius 1 is 1.11 bits per heavy atom. The molecular formula is C29H44F3N3O3. The van der Waals surface area contributed by atoms with Crippen LogP contribution in [0.15, 0.2) is 41.7 Å². The lowest BCUT2D eigenvalue weighted by molar-refractivity contribution is -0.141. The Hall–Kier alpha value is -2.94. The molecular weight excluding hydrogens is 495 g/mol. The third kappa shape index (κ3) is 12.1. The number of methoxy groups -OCH3 is 1. The van der Waals surface area contributed by atoms with E-state index in [1.165, 1.54) is 6.07 Å². The number of ketones is 1. The van der Waals surface area contributed by atoms with Crippen molar-refractivity contribution in [1.82, 2.24) is 14.5 Å². The largest absolute Gasteiger partial charge is 0.501 e. The van der Waals surface area contributed by atoms with Gasteiger partial charge in [0.2, 0.25) is 0 Å². The Morgan fingerprint density at radius 2 is 1.71 bits per heavy atom. The zero-order valence-electron chi connectivity index (χ0n) is 24.5. The van der Waals surface area contributed by atoms with Crippen LogP contribution in [0.5, 0.6) is 0 Å². The Kier molecular flexibility index (Phi) is 14.9. The number of aryl methyl sites for hydroxylation is 1. The van der Waals surface area contributed by atoms with Gasteiger partial charge in [-0.25, -0.2) is 9.97 Å². The maximum atomic E-state index is 13.1. The summed E-state index contributed by atoms with van der Waals surface area (Å²) >= 11 is 0. The van der Waals surface area contributed by atoms with Crippen LogP contribution >= 0.6 is 0 Å². The summed E-state index contributed by atoms with van der Waals surface area (Å²) in [4.78, 5) is 19.1. The number of aromatic nitrogens is 3. The van der Waals surface area contributed by atoms with Crippen LogP contribution < -0.4 is 0 Å². The lowest BCUT2D eigenvalue weighted by Gasteiger charge is -2.14. The summed E-state index contributed by atoms with van der Waals surface area (Å²) in [6, 6.07) is 2.30. The predicted molar refractivity (Wildman–Crippen MR) is 149 cm³/mol. The molecule has 6 nitrogen and oxygen atoms in total. The second kappa shape index (κ2) is 16.1. The average Bonchev–Trinajstić information content (AvgIpc) is 3.16. The van der Waals surface area contributed by atoms with Crippen LogP contribution in [0.3, 0.4) is 0 Å². The summed E-state index contributed by atoms with van der Waals surface area (Å²) in [6.07, 6.45) is 3.50. The van der Waals surface area contributed by atoms with Crippen molar-refractivity contribution in [3.63, 3.8) is 0 Å². The van der Waals surface area contributed by atoms with Crippen molar-refractivity contribution in [3.8, 4) is 0 Å². The highest BCUT2D eigenvalue weighted by Gasteiger charge is 2.33. The molecule has 0 aliphatic rings. The van der Waals surface area contributed by atoms with E-state index in [4.69, 9.17) is 4.74 Å². The number of carbonyl (C=O) groups excluding carboxylic acids is 1. The SMILES string of the molecule is CC.CC/C(C)=C/C(=C\C=C(/C)OC)n1c(C)nc2ccc(C(F)(F)F)nc21.CCCC(=O)CC(C)(C)O. The second-order valence-electron chi connectivity index (χ2n) is 9.23. The number of fused-ring (bicyclic) bond motifs is 1. The molecule has 0 aliphatic carbocycles. The maximum Gasteiger partial charge on any atom is 0.433 e. The predicted octanol–water partition coefficient (Wildman–Crippen LogP) is 8.05. The number of hydrogen-bond donors (Lipinski definition) is 1. The number of rotatable bonds is 9. The molecule has 0 saturated heterocycles. The van der Waals surface area contributed by atoms with Crippen molar-refractivity contribution in [3.05, 3.63) is 53.2 Å². The second-order valence-corrected chi connectivity index (χ2v) is 9.23. The Balaban J connectivity index is 0.000000962. The fourth-order valence-electron chi connectivity index (χ4n) is 3.20. The van der Waals surface area contributed by atoms with Gasteiger partial charge in [-0.15, -0.1) is 0 Å². The minimum absolute atomic E-state index is 0.148. The summed E-state index contributed by atoms with van der Waals surface area (Å²) in [5.41, 5.74) is 0.570. The summed E-state index contributed by atoms with van der Waals surface area (Å²) in [6.45, 7) is 16.8. The van der Waals surface area contributed by atoms with E-state index in [1.54, 1.807) is 51.5 Å². The minimum Gasteiger partial charge on any atom is -0.501 e. The first-order valence-corrected chi connectivity index (χ1v) is 12.9. The Bertz CT molecular complexity index is 1120. The van der Waals surface area contributed by atoms with Gasteiger partial charge in [-0.3, -0.25) is 9.36 Å². The monoisotopic (exact) mass is 539 g/mol. The van der Waals surface area contributed by atoms with Gasteiger partial charge in [0, 0.05) is 18.5 Å². The number of Topliss-reactive ketones (excluding diaryl/α,β-unsaturated/α-hetero) is 1. The van der Waals surface area contributed by atoms with Crippen molar-refractivity contribution >= 4 is 22.6 Å². The molecule has 0 aromatic carbocycles. The van der Waals surface area contributed by atoms with E-state index in [0.29, 0.717) is 29.2 Å². The summed E-state index contributed by atoms with van der Waals surface area (Å²) in [7, 11) is 1.56. The van der Waals surface area contributed by atoms with Gasteiger partial charge in [0.15, 0.2) is 5.65 Å². The van der Waals surface area contributed by atoms with Gasteiger partial charge in [-0.1, -0.05) is 33.3 Å². The molecule has 2 rings (SSSR count). The fourth-order valence-corrected chi connectivity index (χ4v) is 3.20. The van der Waals surface area contributed by atoms with E-state index >= 15 is 0 Å². The number of hydrogen-bond acceptors (Lipinski definition) is 5.